The molecule has 2 amide bonds. The van der Waals surface area contributed by atoms with Crippen LogP contribution in [0.4, 0.5) is 11.4 Å². The van der Waals surface area contributed by atoms with Crippen LogP contribution >= 0.6 is 11.8 Å². The molecule has 0 saturated carbocycles. The number of para-hydroxylation sites is 2. The molecule has 0 bridgehead atoms. The van der Waals surface area contributed by atoms with Crippen LogP contribution in [-0.4, -0.2) is 54.5 Å². The minimum Gasteiger partial charge on any atom is -0.495 e. The molecule has 1 saturated heterocycles. The number of methoxy groups -OCH3 is 2. The van der Waals surface area contributed by atoms with Gasteiger partial charge < -0.3 is 14.8 Å². The van der Waals surface area contributed by atoms with E-state index < -0.39 is 5.25 Å². The number of rotatable bonds is 9. The molecule has 1 aliphatic heterocycles. The smallest absolute Gasteiger partial charge is 0.242 e. The van der Waals surface area contributed by atoms with Crippen molar-refractivity contribution in [3.05, 3.63) is 53.6 Å². The Morgan fingerprint density at radius 3 is 2.72 bits per heavy atom. The van der Waals surface area contributed by atoms with Crippen molar-refractivity contribution < 1.29 is 19.1 Å². The number of aryl methyl sites for hydroxylation is 2. The summed E-state index contributed by atoms with van der Waals surface area (Å²) in [4.78, 5) is 32.3. The second-order valence-electron chi connectivity index (χ2n) is 7.58. The van der Waals surface area contributed by atoms with E-state index in [1.54, 1.807) is 31.3 Å². The molecule has 0 radical (unpaired) electrons. The maximum atomic E-state index is 13.1. The van der Waals surface area contributed by atoms with Crippen LogP contribution in [0.15, 0.2) is 47.5 Å². The molecule has 2 aromatic carbocycles. The monoisotopic (exact) mass is 455 g/mol. The van der Waals surface area contributed by atoms with E-state index in [4.69, 9.17) is 14.5 Å². The summed E-state index contributed by atoms with van der Waals surface area (Å²) in [6.07, 6.45) is 0.739. The summed E-state index contributed by atoms with van der Waals surface area (Å²) in [7, 11) is 3.19. The lowest BCUT2D eigenvalue weighted by Gasteiger charge is -2.16. The van der Waals surface area contributed by atoms with E-state index in [9.17, 15) is 9.59 Å². The van der Waals surface area contributed by atoms with Gasteiger partial charge in [-0.25, -0.2) is 4.99 Å². The topological polar surface area (TPSA) is 80.2 Å². The number of hydrogen-bond acceptors (Lipinski definition) is 6. The van der Waals surface area contributed by atoms with Crippen molar-refractivity contribution in [2.75, 3.05) is 32.7 Å². The van der Waals surface area contributed by atoms with Crippen molar-refractivity contribution in [1.29, 1.82) is 0 Å². The number of nitrogens with zero attached hydrogens (tertiary/aromatic N) is 2. The van der Waals surface area contributed by atoms with Gasteiger partial charge >= 0.3 is 0 Å². The van der Waals surface area contributed by atoms with Gasteiger partial charge in [0.25, 0.3) is 0 Å². The van der Waals surface area contributed by atoms with E-state index in [0.29, 0.717) is 36.2 Å². The fraction of sp³-hybridized carbons (Fsp3) is 0.375. The Kier molecular flexibility index (Phi) is 8.30. The van der Waals surface area contributed by atoms with Gasteiger partial charge in [0.15, 0.2) is 5.17 Å². The summed E-state index contributed by atoms with van der Waals surface area (Å²) in [5, 5.41) is 2.94. The molecule has 1 atom stereocenters. The molecule has 1 heterocycles. The van der Waals surface area contributed by atoms with Crippen LogP contribution in [0, 0.1) is 13.8 Å². The third kappa shape index (κ3) is 5.89. The summed E-state index contributed by atoms with van der Waals surface area (Å²) in [5.74, 6) is 0.222. The average molecular weight is 456 g/mol. The highest BCUT2D eigenvalue weighted by atomic mass is 32.2. The molecule has 0 spiro atoms. The molecule has 0 unspecified atom stereocenters. The van der Waals surface area contributed by atoms with Crippen LogP contribution in [0.2, 0.25) is 0 Å². The number of carbonyl (C=O) groups is 2. The minimum absolute atomic E-state index is 0.0497. The van der Waals surface area contributed by atoms with Crippen molar-refractivity contribution >= 4 is 40.1 Å². The summed E-state index contributed by atoms with van der Waals surface area (Å²) in [6, 6.07) is 13.3. The van der Waals surface area contributed by atoms with Crippen molar-refractivity contribution in [2.45, 2.75) is 31.9 Å². The lowest BCUT2D eigenvalue weighted by Crippen LogP contribution is -2.34. The largest absolute Gasteiger partial charge is 0.495 e. The van der Waals surface area contributed by atoms with Gasteiger partial charge in [-0.05, 0) is 49.6 Å². The Morgan fingerprint density at radius 2 is 1.97 bits per heavy atom. The van der Waals surface area contributed by atoms with Gasteiger partial charge in [0.05, 0.1) is 18.5 Å². The quantitative estimate of drug-likeness (QED) is 0.570. The van der Waals surface area contributed by atoms with Crippen LogP contribution < -0.4 is 10.1 Å². The highest BCUT2D eigenvalue weighted by Gasteiger charge is 2.39. The molecule has 1 fully saturated rings. The molecule has 170 valence electrons. The van der Waals surface area contributed by atoms with Crippen LogP contribution in [0.1, 0.15) is 24.0 Å². The van der Waals surface area contributed by atoms with Crippen molar-refractivity contribution in [1.82, 2.24) is 4.90 Å². The molecule has 8 heteroatoms. The molecule has 1 aliphatic rings. The van der Waals surface area contributed by atoms with E-state index in [0.717, 1.165) is 16.8 Å². The number of aliphatic imine (C=N–C) groups is 1. The zero-order valence-electron chi connectivity index (χ0n) is 18.9. The second kappa shape index (κ2) is 11.2. The SMILES string of the molecule is COCCCN1C(=O)[C@H](CC(=O)Nc2ccccc2OC)SC1=Nc1cc(C)ccc1C. The predicted molar refractivity (Wildman–Crippen MR) is 129 cm³/mol. The van der Waals surface area contributed by atoms with Crippen molar-refractivity contribution in [3.8, 4) is 5.75 Å². The van der Waals surface area contributed by atoms with Crippen molar-refractivity contribution in [2.24, 2.45) is 4.99 Å². The van der Waals surface area contributed by atoms with Gasteiger partial charge in [0, 0.05) is 26.7 Å². The highest BCUT2D eigenvalue weighted by Crippen LogP contribution is 2.33. The summed E-state index contributed by atoms with van der Waals surface area (Å²) in [5.41, 5.74) is 3.54. The van der Waals surface area contributed by atoms with Gasteiger partial charge in [-0.15, -0.1) is 0 Å². The number of anilines is 1. The third-order valence-corrected chi connectivity index (χ3v) is 6.26. The second-order valence-corrected chi connectivity index (χ2v) is 8.75. The number of thioether (sulfide) groups is 1. The Balaban J connectivity index is 1.78. The molecule has 3 rings (SSSR count). The third-order valence-electron chi connectivity index (χ3n) is 5.08. The van der Waals surface area contributed by atoms with Gasteiger partial charge in [-0.1, -0.05) is 36.0 Å². The first-order chi connectivity index (χ1) is 15.4. The average Bonchev–Trinajstić information content (AvgIpc) is 3.05. The van der Waals surface area contributed by atoms with E-state index >= 15 is 0 Å². The van der Waals surface area contributed by atoms with Crippen molar-refractivity contribution in [3.63, 3.8) is 0 Å². The van der Waals surface area contributed by atoms with E-state index in [2.05, 4.69) is 5.32 Å². The number of ether oxygens (including phenoxy) is 2. The number of nitrogens with one attached hydrogen (secondary N) is 1. The van der Waals surface area contributed by atoms with Crippen LogP contribution in [-0.2, 0) is 14.3 Å². The molecule has 1 N–H and O–H groups in total. The maximum absolute atomic E-state index is 13.1. The lowest BCUT2D eigenvalue weighted by molar-refractivity contribution is -0.128. The van der Waals surface area contributed by atoms with Crippen LogP contribution in [0.3, 0.4) is 0 Å². The number of carbonyl (C=O) groups excluding carboxylic acids is 2. The van der Waals surface area contributed by atoms with Gasteiger partial charge in [0.2, 0.25) is 11.8 Å². The minimum atomic E-state index is -0.531. The highest BCUT2D eigenvalue weighted by molar-refractivity contribution is 8.15. The molecule has 0 aliphatic carbocycles. The number of amides is 2. The van der Waals surface area contributed by atoms with E-state index in [1.165, 1.54) is 11.8 Å². The Hall–Kier alpha value is -2.84. The zero-order valence-corrected chi connectivity index (χ0v) is 19.7. The molecule has 2 aromatic rings. The molecule has 0 aromatic heterocycles. The molecular formula is C24H29N3O4S. The maximum Gasteiger partial charge on any atom is 0.242 e. The lowest BCUT2D eigenvalue weighted by atomic mass is 10.1. The predicted octanol–water partition coefficient (Wildman–Crippen LogP) is 4.31. The number of benzene rings is 2. The fourth-order valence-corrected chi connectivity index (χ4v) is 4.54. The Morgan fingerprint density at radius 1 is 1.19 bits per heavy atom. The Bertz CT molecular complexity index is 1010. The van der Waals surface area contributed by atoms with E-state index in [1.807, 2.05) is 44.2 Å². The molecule has 7 nitrogen and oxygen atoms in total. The summed E-state index contributed by atoms with van der Waals surface area (Å²) < 4.78 is 10.4. The first kappa shape index (κ1) is 23.8. The number of amidine groups is 1. The first-order valence-corrected chi connectivity index (χ1v) is 11.4. The van der Waals surface area contributed by atoms with E-state index in [-0.39, 0.29) is 18.2 Å². The fourth-order valence-electron chi connectivity index (χ4n) is 3.36. The van der Waals surface area contributed by atoms with Gasteiger partial charge in [-0.2, -0.15) is 0 Å². The normalized spacial score (nSPS) is 17.1. The first-order valence-electron chi connectivity index (χ1n) is 10.5. The Labute approximate surface area is 193 Å². The summed E-state index contributed by atoms with van der Waals surface area (Å²) >= 11 is 1.34. The molecule has 32 heavy (non-hydrogen) atoms. The summed E-state index contributed by atoms with van der Waals surface area (Å²) in [6.45, 7) is 5.04. The molecular weight excluding hydrogens is 426 g/mol. The number of hydrogen-bond donors (Lipinski definition) is 1. The van der Waals surface area contributed by atoms with Gasteiger partial charge in [0.1, 0.15) is 11.0 Å². The zero-order chi connectivity index (χ0) is 23.1. The van der Waals surface area contributed by atoms with Crippen LogP contribution in [0.5, 0.6) is 5.75 Å². The van der Waals surface area contributed by atoms with Crippen LogP contribution in [0.25, 0.3) is 0 Å². The standard InChI is InChI=1S/C24H29N3O4S/c1-16-10-11-17(2)19(14-16)26-24-27(12-7-13-30-3)23(29)21(32-24)15-22(28)25-18-8-5-6-9-20(18)31-4/h5-6,8-11,14,21H,7,12-13,15H2,1-4H3,(H,25,28)/t21-/m0/s1. The van der Waals surface area contributed by atoms with Gasteiger partial charge in [-0.3, -0.25) is 14.5 Å².